The average molecular weight is 308 g/mol. The Bertz CT molecular complexity index is 581. The maximum absolute atomic E-state index is 10.2. The quantitative estimate of drug-likeness (QED) is 0.685. The van der Waals surface area contributed by atoms with E-state index in [9.17, 15) is 10.2 Å². The maximum Gasteiger partial charge on any atom is 0.212 e. The number of ether oxygens (including phenoxy) is 1. The molecular weight excluding hydrogens is 288 g/mol. The fourth-order valence-corrected chi connectivity index (χ4v) is 2.65. The van der Waals surface area contributed by atoms with Crippen LogP contribution in [-0.4, -0.2) is 33.7 Å². The van der Waals surface area contributed by atoms with Crippen LogP contribution in [0.4, 0.5) is 0 Å². The van der Waals surface area contributed by atoms with Crippen LogP contribution in [0.3, 0.4) is 0 Å². The van der Waals surface area contributed by atoms with Crippen molar-refractivity contribution in [3.8, 4) is 23.2 Å². The van der Waals surface area contributed by atoms with Gasteiger partial charge in [0, 0.05) is 18.4 Å². The number of benzene rings is 1. The van der Waals surface area contributed by atoms with Crippen molar-refractivity contribution in [3.05, 3.63) is 30.3 Å². The fourth-order valence-electron chi connectivity index (χ4n) is 1.91. The second-order valence-electron chi connectivity index (χ2n) is 4.51. The summed E-state index contributed by atoms with van der Waals surface area (Å²) in [4.78, 5) is 0.615. The summed E-state index contributed by atoms with van der Waals surface area (Å²) in [6, 6.07) is 8.76. The topological polar surface area (TPSA) is 80.6 Å². The molecule has 2 rings (SSSR count). The van der Waals surface area contributed by atoms with E-state index >= 15 is 0 Å². The summed E-state index contributed by atoms with van der Waals surface area (Å²) in [7, 11) is 0. The molecule has 114 valence electrons. The Kier molecular flexibility index (Phi) is 5.41. The van der Waals surface area contributed by atoms with Crippen molar-refractivity contribution in [2.75, 3.05) is 18.9 Å². The number of nitrogens with two attached hydrogens (primary N) is 1. The van der Waals surface area contributed by atoms with Crippen molar-refractivity contribution in [1.29, 1.82) is 0 Å². The Balaban J connectivity index is 2.23. The second kappa shape index (κ2) is 7.28. The van der Waals surface area contributed by atoms with Gasteiger partial charge in [-0.05, 0) is 30.7 Å². The normalized spacial score (nSPS) is 10.8. The van der Waals surface area contributed by atoms with Crippen molar-refractivity contribution in [3.63, 3.8) is 0 Å². The molecule has 0 saturated heterocycles. The lowest BCUT2D eigenvalue weighted by Crippen LogP contribution is -2.00. The molecule has 0 aliphatic rings. The van der Waals surface area contributed by atoms with Gasteiger partial charge in [0.1, 0.15) is 5.75 Å². The maximum atomic E-state index is 10.2. The Morgan fingerprint density at radius 1 is 1.24 bits per heavy atom. The summed E-state index contributed by atoms with van der Waals surface area (Å²) in [5, 5.41) is 20.2. The largest absolute Gasteiger partial charge is 0.494 e. The van der Waals surface area contributed by atoms with E-state index in [4.69, 9.17) is 10.5 Å². The molecule has 0 bridgehead atoms. The molecule has 0 saturated carbocycles. The number of aromatic nitrogens is 1. The van der Waals surface area contributed by atoms with Gasteiger partial charge in [-0.3, -0.25) is 4.57 Å². The minimum atomic E-state index is -0.00533. The Morgan fingerprint density at radius 2 is 1.95 bits per heavy atom. The van der Waals surface area contributed by atoms with Crippen LogP contribution in [-0.2, 0) is 0 Å². The standard InChI is InChI=1S/C15H20N2O3S/c1-2-8-20-12-5-3-11(4-6-12)17-14(18)10-13(15(17)19)21-9-7-16/h3-6,10,18-19H,2,7-9,16H2,1H3. The molecule has 0 fully saturated rings. The number of hydrogen-bond acceptors (Lipinski definition) is 5. The van der Waals surface area contributed by atoms with Crippen LogP contribution < -0.4 is 10.5 Å². The third kappa shape index (κ3) is 3.65. The number of nitrogens with zero attached hydrogens (tertiary/aromatic N) is 1. The second-order valence-corrected chi connectivity index (χ2v) is 5.64. The third-order valence-corrected chi connectivity index (χ3v) is 3.92. The molecular formula is C15H20N2O3S. The number of rotatable bonds is 7. The molecule has 1 aromatic carbocycles. The first-order valence-corrected chi connectivity index (χ1v) is 7.85. The summed E-state index contributed by atoms with van der Waals surface area (Å²) in [6.45, 7) is 3.23. The zero-order valence-electron chi connectivity index (χ0n) is 12.0. The molecule has 0 spiro atoms. The molecule has 4 N–H and O–H groups in total. The SMILES string of the molecule is CCCOc1ccc(-n2c(O)cc(SCCN)c2O)cc1. The van der Waals surface area contributed by atoms with E-state index in [0.29, 0.717) is 29.5 Å². The van der Waals surface area contributed by atoms with Crippen molar-refractivity contribution in [1.82, 2.24) is 4.57 Å². The zero-order chi connectivity index (χ0) is 15.2. The van der Waals surface area contributed by atoms with Gasteiger partial charge in [-0.2, -0.15) is 0 Å². The van der Waals surface area contributed by atoms with Gasteiger partial charge in [0.2, 0.25) is 5.88 Å². The van der Waals surface area contributed by atoms with Gasteiger partial charge >= 0.3 is 0 Å². The highest BCUT2D eigenvalue weighted by molar-refractivity contribution is 7.99. The molecule has 0 radical (unpaired) electrons. The molecule has 2 aromatic rings. The first-order chi connectivity index (χ1) is 10.2. The number of thioether (sulfide) groups is 1. The van der Waals surface area contributed by atoms with Gasteiger partial charge in [0.25, 0.3) is 0 Å². The first-order valence-electron chi connectivity index (χ1n) is 6.87. The molecule has 0 atom stereocenters. The van der Waals surface area contributed by atoms with Gasteiger partial charge in [0.15, 0.2) is 5.88 Å². The van der Waals surface area contributed by atoms with E-state index in [2.05, 4.69) is 0 Å². The summed E-state index contributed by atoms with van der Waals surface area (Å²) in [5.74, 6) is 1.47. The van der Waals surface area contributed by atoms with Crippen molar-refractivity contribution >= 4 is 11.8 Å². The highest BCUT2D eigenvalue weighted by Crippen LogP contribution is 2.37. The van der Waals surface area contributed by atoms with Gasteiger partial charge in [0.05, 0.1) is 17.2 Å². The van der Waals surface area contributed by atoms with Crippen LogP contribution in [0.2, 0.25) is 0 Å². The molecule has 0 aliphatic heterocycles. The molecule has 1 heterocycles. The summed E-state index contributed by atoms with van der Waals surface area (Å²) in [6.07, 6.45) is 0.947. The van der Waals surface area contributed by atoms with Crippen molar-refractivity contribution < 1.29 is 14.9 Å². The lowest BCUT2D eigenvalue weighted by atomic mass is 10.3. The Hall–Kier alpha value is -1.79. The van der Waals surface area contributed by atoms with E-state index < -0.39 is 0 Å². The van der Waals surface area contributed by atoms with E-state index in [-0.39, 0.29) is 11.8 Å². The van der Waals surface area contributed by atoms with Crippen LogP contribution in [0.25, 0.3) is 5.69 Å². The van der Waals surface area contributed by atoms with Crippen LogP contribution in [0, 0.1) is 0 Å². The minimum absolute atomic E-state index is 0.00533. The minimum Gasteiger partial charge on any atom is -0.494 e. The Labute approximate surface area is 128 Å². The predicted molar refractivity (Wildman–Crippen MR) is 84.7 cm³/mol. The van der Waals surface area contributed by atoms with Crippen LogP contribution >= 0.6 is 11.8 Å². The molecule has 1 aromatic heterocycles. The summed E-state index contributed by atoms with van der Waals surface area (Å²) in [5.41, 5.74) is 6.13. The molecule has 21 heavy (non-hydrogen) atoms. The van der Waals surface area contributed by atoms with Crippen LogP contribution in [0.1, 0.15) is 13.3 Å². The van der Waals surface area contributed by atoms with Gasteiger partial charge < -0.3 is 20.7 Å². The van der Waals surface area contributed by atoms with Gasteiger partial charge in [-0.1, -0.05) is 6.92 Å². The van der Waals surface area contributed by atoms with Crippen LogP contribution in [0.15, 0.2) is 35.2 Å². The zero-order valence-corrected chi connectivity index (χ0v) is 12.8. The number of hydrogen-bond donors (Lipinski definition) is 3. The van der Waals surface area contributed by atoms with Crippen molar-refractivity contribution in [2.24, 2.45) is 5.73 Å². The molecule has 6 heteroatoms. The summed E-state index contributed by atoms with van der Waals surface area (Å²) < 4.78 is 6.90. The van der Waals surface area contributed by atoms with E-state index in [1.54, 1.807) is 12.1 Å². The molecule has 0 amide bonds. The third-order valence-electron chi connectivity index (χ3n) is 2.86. The van der Waals surface area contributed by atoms with Crippen molar-refractivity contribution in [2.45, 2.75) is 18.2 Å². The highest BCUT2D eigenvalue weighted by atomic mass is 32.2. The first kappa shape index (κ1) is 15.6. The summed E-state index contributed by atoms with van der Waals surface area (Å²) >= 11 is 1.41. The van der Waals surface area contributed by atoms with Gasteiger partial charge in [-0.15, -0.1) is 11.8 Å². The molecule has 5 nitrogen and oxygen atoms in total. The van der Waals surface area contributed by atoms with E-state index in [1.165, 1.54) is 22.4 Å². The highest BCUT2D eigenvalue weighted by Gasteiger charge is 2.15. The lowest BCUT2D eigenvalue weighted by molar-refractivity contribution is 0.317. The number of aromatic hydroxyl groups is 2. The smallest absolute Gasteiger partial charge is 0.212 e. The predicted octanol–water partition coefficient (Wildman–Crippen LogP) is 2.73. The monoisotopic (exact) mass is 308 g/mol. The molecule has 0 aliphatic carbocycles. The molecule has 0 unspecified atom stereocenters. The van der Waals surface area contributed by atoms with E-state index in [1.807, 2.05) is 19.1 Å². The lowest BCUT2D eigenvalue weighted by Gasteiger charge is -2.09. The van der Waals surface area contributed by atoms with E-state index in [0.717, 1.165) is 12.2 Å². The average Bonchev–Trinajstić information content (AvgIpc) is 2.78. The van der Waals surface area contributed by atoms with Gasteiger partial charge in [-0.25, -0.2) is 0 Å². The van der Waals surface area contributed by atoms with Crippen LogP contribution in [0.5, 0.6) is 17.5 Å². The fraction of sp³-hybridized carbons (Fsp3) is 0.333. The Morgan fingerprint density at radius 3 is 2.57 bits per heavy atom.